The number of aromatic nitrogens is 2. The second-order valence-electron chi connectivity index (χ2n) is 9.65. The third-order valence-electron chi connectivity index (χ3n) is 6.85. The van der Waals surface area contributed by atoms with Crippen LogP contribution in [0, 0.1) is 17.6 Å². The van der Waals surface area contributed by atoms with E-state index in [9.17, 15) is 41.4 Å². The average Bonchev–Trinajstić information content (AvgIpc) is 3.33. The topological polar surface area (TPSA) is 92.5 Å². The molecule has 1 aromatic heterocycles. The molecule has 1 aliphatic carbocycles. The monoisotopic (exact) mass is 617 g/mol. The summed E-state index contributed by atoms with van der Waals surface area (Å²) in [6, 6.07) is 5.71. The minimum atomic E-state index is -5.06. The van der Waals surface area contributed by atoms with Gasteiger partial charge in [-0.05, 0) is 55.5 Å². The van der Waals surface area contributed by atoms with Gasteiger partial charge in [0.05, 0.1) is 45.9 Å². The molecule has 3 aromatic rings. The van der Waals surface area contributed by atoms with Crippen LogP contribution in [0.5, 0.6) is 0 Å². The highest BCUT2D eigenvalue weighted by Gasteiger charge is 2.43. The number of aliphatic carboxylic acids is 1. The predicted molar refractivity (Wildman–Crippen MR) is 138 cm³/mol. The van der Waals surface area contributed by atoms with Gasteiger partial charge in [0.25, 0.3) is 5.91 Å². The Kier molecular flexibility index (Phi) is 9.03. The van der Waals surface area contributed by atoms with Crippen LogP contribution in [0.2, 0.25) is 10.0 Å². The van der Waals surface area contributed by atoms with Crippen molar-refractivity contribution in [3.63, 3.8) is 0 Å². The molecule has 2 aromatic carbocycles. The zero-order valence-electron chi connectivity index (χ0n) is 21.1. The lowest BCUT2D eigenvalue weighted by Crippen LogP contribution is -2.37. The lowest BCUT2D eigenvalue weighted by molar-refractivity contribution is -0.147. The fourth-order valence-electron chi connectivity index (χ4n) is 4.95. The molecule has 218 valence electrons. The molecule has 4 rings (SSSR count). The van der Waals surface area contributed by atoms with Gasteiger partial charge in [-0.2, -0.15) is 18.3 Å². The summed E-state index contributed by atoms with van der Waals surface area (Å²) < 4.78 is 71.6. The van der Waals surface area contributed by atoms with E-state index in [0.717, 1.165) is 18.3 Å². The standard InChI is InChI=1S/C27H22Cl2F5N3O4/c28-20-2-1-3-21(29)23(20)22(38)13-36(12-14-8-16(30)10-17(31)9-14)25(39)19-11-35-37(24(19)27(32,33)34)18-6-4-15(5-7-18)26(40)41/h1-3,8-11,15,18H,4-7,12-13H2,(H,40,41). The highest BCUT2D eigenvalue weighted by atomic mass is 35.5. The van der Waals surface area contributed by atoms with Crippen LogP contribution in [0.25, 0.3) is 0 Å². The number of nitrogens with zero attached hydrogens (tertiary/aromatic N) is 3. The van der Waals surface area contributed by atoms with Crippen LogP contribution < -0.4 is 0 Å². The molecule has 0 aliphatic heterocycles. The number of hydrogen-bond donors (Lipinski definition) is 1. The fourth-order valence-corrected chi connectivity index (χ4v) is 5.56. The summed E-state index contributed by atoms with van der Waals surface area (Å²) in [5.74, 6) is -5.81. The molecule has 0 atom stereocenters. The van der Waals surface area contributed by atoms with Gasteiger partial charge >= 0.3 is 12.1 Å². The number of hydrogen-bond acceptors (Lipinski definition) is 4. The summed E-state index contributed by atoms with van der Waals surface area (Å²) in [4.78, 5) is 38.8. The number of Topliss-reactive ketones (excluding diaryl/α,β-unsaturated/α-hetero) is 1. The van der Waals surface area contributed by atoms with Crippen molar-refractivity contribution in [2.75, 3.05) is 6.54 Å². The number of halogens is 7. The normalized spacial score (nSPS) is 17.3. The van der Waals surface area contributed by atoms with Gasteiger partial charge < -0.3 is 10.0 Å². The SMILES string of the molecule is O=C(CN(Cc1cc(F)cc(F)c1)C(=O)c1cnn(C2CCC(C(=O)O)CC2)c1C(F)(F)F)c1c(Cl)cccc1Cl. The van der Waals surface area contributed by atoms with Crippen molar-refractivity contribution < 1.29 is 41.4 Å². The maximum Gasteiger partial charge on any atom is 0.433 e. The number of carboxylic acids is 1. The van der Waals surface area contributed by atoms with Crippen molar-refractivity contribution in [2.24, 2.45) is 5.92 Å². The van der Waals surface area contributed by atoms with Crippen LogP contribution in [0.1, 0.15) is 63.7 Å². The highest BCUT2D eigenvalue weighted by Crippen LogP contribution is 2.39. The van der Waals surface area contributed by atoms with Crippen LogP contribution in [0.15, 0.2) is 42.6 Å². The number of carboxylic acid groups (broad SMARTS) is 1. The third-order valence-corrected chi connectivity index (χ3v) is 7.48. The number of ketones is 1. The number of rotatable bonds is 8. The van der Waals surface area contributed by atoms with E-state index in [1.165, 1.54) is 18.2 Å². The van der Waals surface area contributed by atoms with E-state index in [2.05, 4.69) is 5.10 Å². The summed E-state index contributed by atoms with van der Waals surface area (Å²) >= 11 is 12.2. The lowest BCUT2D eigenvalue weighted by atomic mass is 9.86. The Labute approximate surface area is 240 Å². The zero-order valence-corrected chi connectivity index (χ0v) is 22.6. The van der Waals surface area contributed by atoms with Crippen molar-refractivity contribution in [2.45, 2.75) is 44.4 Å². The van der Waals surface area contributed by atoms with E-state index in [1.54, 1.807) is 0 Å². The molecule has 1 aliphatic rings. The van der Waals surface area contributed by atoms with Gasteiger partial charge in [0.15, 0.2) is 11.5 Å². The highest BCUT2D eigenvalue weighted by molar-refractivity contribution is 6.40. The van der Waals surface area contributed by atoms with Crippen molar-refractivity contribution in [1.29, 1.82) is 0 Å². The molecule has 1 fully saturated rings. The molecule has 0 spiro atoms. The number of amides is 1. The Balaban J connectivity index is 1.73. The molecule has 0 bridgehead atoms. The Morgan fingerprint density at radius 3 is 2.12 bits per heavy atom. The maximum atomic E-state index is 14.4. The lowest BCUT2D eigenvalue weighted by Gasteiger charge is -2.28. The molecule has 0 unspecified atom stereocenters. The molecule has 0 radical (unpaired) electrons. The molecule has 1 N–H and O–H groups in total. The van der Waals surface area contributed by atoms with E-state index in [0.29, 0.717) is 15.6 Å². The van der Waals surface area contributed by atoms with Crippen LogP contribution in [-0.4, -0.2) is 44.0 Å². The first-order valence-electron chi connectivity index (χ1n) is 12.3. The van der Waals surface area contributed by atoms with E-state index in [-0.39, 0.29) is 46.9 Å². The molecular weight excluding hydrogens is 596 g/mol. The van der Waals surface area contributed by atoms with E-state index in [4.69, 9.17) is 23.2 Å². The van der Waals surface area contributed by atoms with E-state index >= 15 is 0 Å². The van der Waals surface area contributed by atoms with Gasteiger partial charge in [0.1, 0.15) is 11.6 Å². The fraction of sp³-hybridized carbons (Fsp3) is 0.333. The number of carbonyl (C=O) groups excluding carboxylic acids is 2. The van der Waals surface area contributed by atoms with Crippen molar-refractivity contribution >= 4 is 40.9 Å². The Hall–Kier alpha value is -3.51. The molecule has 1 amide bonds. The molecule has 7 nitrogen and oxygen atoms in total. The van der Waals surface area contributed by atoms with Gasteiger partial charge in [-0.15, -0.1) is 0 Å². The van der Waals surface area contributed by atoms with Gasteiger partial charge in [0.2, 0.25) is 0 Å². The van der Waals surface area contributed by atoms with Crippen molar-refractivity contribution in [3.8, 4) is 0 Å². The summed E-state index contributed by atoms with van der Waals surface area (Å²) in [5, 5.41) is 12.9. The zero-order chi connectivity index (χ0) is 30.1. The first-order valence-corrected chi connectivity index (χ1v) is 13.1. The number of benzene rings is 2. The number of carbonyl (C=O) groups is 3. The Morgan fingerprint density at radius 2 is 1.59 bits per heavy atom. The molecule has 41 heavy (non-hydrogen) atoms. The smallest absolute Gasteiger partial charge is 0.433 e. The maximum absolute atomic E-state index is 14.4. The Morgan fingerprint density at radius 1 is 1.00 bits per heavy atom. The van der Waals surface area contributed by atoms with Gasteiger partial charge in [-0.3, -0.25) is 19.1 Å². The average molecular weight is 618 g/mol. The van der Waals surface area contributed by atoms with Gasteiger partial charge in [-0.25, -0.2) is 8.78 Å². The van der Waals surface area contributed by atoms with Gasteiger partial charge in [0, 0.05) is 12.6 Å². The minimum absolute atomic E-state index is 0.0625. The first-order chi connectivity index (χ1) is 19.3. The van der Waals surface area contributed by atoms with Crippen LogP contribution in [0.4, 0.5) is 22.0 Å². The summed E-state index contributed by atoms with van der Waals surface area (Å²) in [7, 11) is 0. The van der Waals surface area contributed by atoms with E-state index in [1.807, 2.05) is 0 Å². The van der Waals surface area contributed by atoms with Crippen LogP contribution in [0.3, 0.4) is 0 Å². The largest absolute Gasteiger partial charge is 0.481 e. The molecule has 14 heteroatoms. The van der Waals surface area contributed by atoms with Crippen molar-refractivity contribution in [1.82, 2.24) is 14.7 Å². The first kappa shape index (κ1) is 30.4. The second kappa shape index (κ2) is 12.2. The summed E-state index contributed by atoms with van der Waals surface area (Å²) in [5.41, 5.74) is -2.56. The predicted octanol–water partition coefficient (Wildman–Crippen LogP) is 6.83. The van der Waals surface area contributed by atoms with Crippen LogP contribution in [-0.2, 0) is 17.5 Å². The summed E-state index contributed by atoms with van der Waals surface area (Å²) in [6.45, 7) is -1.46. The molecule has 1 saturated carbocycles. The van der Waals surface area contributed by atoms with E-state index < -0.39 is 71.8 Å². The van der Waals surface area contributed by atoms with Gasteiger partial charge in [-0.1, -0.05) is 29.3 Å². The van der Waals surface area contributed by atoms with Crippen LogP contribution >= 0.6 is 23.2 Å². The molecule has 1 heterocycles. The second-order valence-corrected chi connectivity index (χ2v) is 10.5. The quantitative estimate of drug-likeness (QED) is 0.221. The summed E-state index contributed by atoms with van der Waals surface area (Å²) in [6.07, 6.45) is -3.90. The minimum Gasteiger partial charge on any atom is -0.481 e. The molecule has 0 saturated heterocycles. The van der Waals surface area contributed by atoms with Crippen molar-refractivity contribution in [3.05, 3.63) is 86.7 Å². The number of alkyl halides is 3. The third kappa shape index (κ3) is 6.87. The Bertz CT molecular complexity index is 1450. The molecular formula is C27H22Cl2F5N3O4.